The molecule has 27 heavy (non-hydrogen) atoms. The van der Waals surface area contributed by atoms with Crippen LogP contribution in [0.1, 0.15) is 36.0 Å². The molecule has 138 valence electrons. The Labute approximate surface area is 162 Å². The number of aromatic nitrogens is 2. The fourth-order valence-corrected chi connectivity index (χ4v) is 5.01. The van der Waals surface area contributed by atoms with Crippen molar-refractivity contribution in [3.05, 3.63) is 59.6 Å². The van der Waals surface area contributed by atoms with Gasteiger partial charge in [0.25, 0.3) is 5.91 Å². The minimum atomic E-state index is -0.0214. The molecule has 2 aliphatic heterocycles. The minimum absolute atomic E-state index is 0.0214. The van der Waals surface area contributed by atoms with Gasteiger partial charge in [0.15, 0.2) is 0 Å². The van der Waals surface area contributed by atoms with Gasteiger partial charge in [0.2, 0.25) is 0 Å². The van der Waals surface area contributed by atoms with E-state index in [0.717, 1.165) is 29.1 Å². The molecule has 2 fully saturated rings. The van der Waals surface area contributed by atoms with Crippen molar-refractivity contribution in [2.24, 2.45) is 0 Å². The minimum Gasteiger partial charge on any atom is -0.349 e. The Bertz CT molecular complexity index is 923. The quantitative estimate of drug-likeness (QED) is 0.729. The topological polar surface area (TPSA) is 59.0 Å². The van der Waals surface area contributed by atoms with Crippen molar-refractivity contribution < 1.29 is 4.79 Å². The molecule has 0 spiro atoms. The summed E-state index contributed by atoms with van der Waals surface area (Å²) in [6.07, 6.45) is 6.34. The zero-order valence-corrected chi connectivity index (χ0v) is 15.8. The molecular weight excluding hydrogens is 356 g/mol. The van der Waals surface area contributed by atoms with Gasteiger partial charge in [-0.05, 0) is 49.3 Å². The lowest BCUT2D eigenvalue weighted by Gasteiger charge is -2.29. The third kappa shape index (κ3) is 3.31. The number of carbonyl (C=O) groups is 1. The first-order chi connectivity index (χ1) is 13.3. The molecule has 0 radical (unpaired) electrons. The molecule has 3 aromatic rings. The van der Waals surface area contributed by atoms with E-state index in [9.17, 15) is 4.79 Å². The van der Waals surface area contributed by atoms with Crippen LogP contribution in [0.2, 0.25) is 0 Å². The highest BCUT2D eigenvalue weighted by molar-refractivity contribution is 7.13. The number of hydrogen-bond acceptors (Lipinski definition) is 4. The Morgan fingerprint density at radius 2 is 1.89 bits per heavy atom. The monoisotopic (exact) mass is 378 g/mol. The number of thiophene rings is 1. The lowest BCUT2D eigenvalue weighted by molar-refractivity contribution is 0.0924. The number of hydrogen-bond donors (Lipinski definition) is 2. The SMILES string of the molecule is O=C(NC1CC2CCC(C1)N2)c1cn(-c2ccccc2)nc1-c1cccs1. The predicted octanol–water partition coefficient (Wildman–Crippen LogP) is 3.61. The van der Waals surface area contributed by atoms with Gasteiger partial charge in [-0.1, -0.05) is 24.3 Å². The molecule has 5 rings (SSSR count). The Morgan fingerprint density at radius 1 is 1.11 bits per heavy atom. The van der Waals surface area contributed by atoms with Crippen LogP contribution in [0.25, 0.3) is 16.3 Å². The van der Waals surface area contributed by atoms with Crippen molar-refractivity contribution in [3.8, 4) is 16.3 Å². The van der Waals surface area contributed by atoms with E-state index in [1.165, 1.54) is 12.8 Å². The summed E-state index contributed by atoms with van der Waals surface area (Å²) in [6, 6.07) is 15.3. The molecule has 1 amide bonds. The molecule has 2 atom stereocenters. The average Bonchev–Trinajstić information content (AvgIpc) is 3.42. The molecule has 6 heteroatoms. The summed E-state index contributed by atoms with van der Waals surface area (Å²) in [5.74, 6) is -0.0214. The zero-order valence-electron chi connectivity index (χ0n) is 15.0. The Balaban J connectivity index is 1.45. The van der Waals surface area contributed by atoms with Crippen LogP contribution in [0, 0.1) is 0 Å². The van der Waals surface area contributed by atoms with Crippen LogP contribution < -0.4 is 10.6 Å². The molecule has 2 aliphatic rings. The second-order valence-electron chi connectivity index (χ2n) is 7.43. The number of nitrogens with zero attached hydrogens (tertiary/aromatic N) is 2. The van der Waals surface area contributed by atoms with Crippen molar-refractivity contribution in [1.29, 1.82) is 0 Å². The second kappa shape index (κ2) is 6.94. The first kappa shape index (κ1) is 16.7. The molecule has 0 aliphatic carbocycles. The van der Waals surface area contributed by atoms with Crippen LogP contribution in [0.4, 0.5) is 0 Å². The summed E-state index contributed by atoms with van der Waals surface area (Å²) in [5.41, 5.74) is 2.35. The van der Waals surface area contributed by atoms with Gasteiger partial charge in [0.1, 0.15) is 5.69 Å². The van der Waals surface area contributed by atoms with Crippen LogP contribution in [-0.4, -0.2) is 33.8 Å². The molecular formula is C21H22N4OS. The van der Waals surface area contributed by atoms with Crippen molar-refractivity contribution in [1.82, 2.24) is 20.4 Å². The first-order valence-corrected chi connectivity index (χ1v) is 10.4. The highest BCUT2D eigenvalue weighted by atomic mass is 32.1. The van der Waals surface area contributed by atoms with Gasteiger partial charge in [-0.2, -0.15) is 5.10 Å². The number of benzene rings is 1. The average molecular weight is 379 g/mol. The summed E-state index contributed by atoms with van der Waals surface area (Å²) in [5, 5.41) is 13.7. The van der Waals surface area contributed by atoms with Crippen LogP contribution in [0.3, 0.4) is 0 Å². The maximum Gasteiger partial charge on any atom is 0.255 e. The number of piperidine rings is 1. The van der Waals surface area contributed by atoms with Crippen molar-refractivity contribution in [3.63, 3.8) is 0 Å². The fraction of sp³-hybridized carbons (Fsp3) is 0.333. The summed E-state index contributed by atoms with van der Waals surface area (Å²) >= 11 is 1.61. The molecule has 2 unspecified atom stereocenters. The number of rotatable bonds is 4. The molecule has 2 N–H and O–H groups in total. The number of amides is 1. The lowest BCUT2D eigenvalue weighted by atomic mass is 9.99. The molecule has 2 aromatic heterocycles. The van der Waals surface area contributed by atoms with Crippen LogP contribution in [0.15, 0.2) is 54.0 Å². The molecule has 2 bridgehead atoms. The van der Waals surface area contributed by atoms with Gasteiger partial charge >= 0.3 is 0 Å². The molecule has 4 heterocycles. The summed E-state index contributed by atoms with van der Waals surface area (Å²) in [7, 11) is 0. The Kier molecular flexibility index (Phi) is 4.30. The molecule has 2 saturated heterocycles. The van der Waals surface area contributed by atoms with Crippen LogP contribution in [0.5, 0.6) is 0 Å². The van der Waals surface area contributed by atoms with Crippen LogP contribution in [-0.2, 0) is 0 Å². The fourth-order valence-electron chi connectivity index (χ4n) is 4.29. The van der Waals surface area contributed by atoms with Gasteiger partial charge in [-0.15, -0.1) is 11.3 Å². The zero-order chi connectivity index (χ0) is 18.2. The van der Waals surface area contributed by atoms with Gasteiger partial charge in [0.05, 0.1) is 16.1 Å². The summed E-state index contributed by atoms with van der Waals surface area (Å²) in [4.78, 5) is 14.1. The van der Waals surface area contributed by atoms with E-state index >= 15 is 0 Å². The Morgan fingerprint density at radius 3 is 2.59 bits per heavy atom. The van der Waals surface area contributed by atoms with Gasteiger partial charge < -0.3 is 10.6 Å². The van der Waals surface area contributed by atoms with Crippen molar-refractivity contribution in [2.45, 2.75) is 43.8 Å². The first-order valence-electron chi connectivity index (χ1n) is 9.52. The largest absolute Gasteiger partial charge is 0.349 e. The third-order valence-corrected chi connectivity index (χ3v) is 6.42. The van der Waals surface area contributed by atoms with E-state index < -0.39 is 0 Å². The second-order valence-corrected chi connectivity index (χ2v) is 8.38. The molecule has 0 saturated carbocycles. The maximum atomic E-state index is 13.1. The summed E-state index contributed by atoms with van der Waals surface area (Å²) < 4.78 is 1.80. The van der Waals surface area contributed by atoms with E-state index in [-0.39, 0.29) is 11.9 Å². The van der Waals surface area contributed by atoms with Gasteiger partial charge in [0, 0.05) is 24.3 Å². The summed E-state index contributed by atoms with van der Waals surface area (Å²) in [6.45, 7) is 0. The predicted molar refractivity (Wildman–Crippen MR) is 107 cm³/mol. The lowest BCUT2D eigenvalue weighted by Crippen LogP contribution is -2.48. The normalized spacial score (nSPS) is 24.1. The van der Waals surface area contributed by atoms with E-state index in [2.05, 4.69) is 10.6 Å². The standard InChI is InChI=1S/C21H22N4OS/c26-21(23-16-11-14-8-9-15(12-16)22-14)18-13-25(17-5-2-1-3-6-17)24-20(18)19-7-4-10-27-19/h1-7,10,13-16,22H,8-9,11-12H2,(H,23,26). The van der Waals surface area contributed by atoms with Gasteiger partial charge in [-0.3, -0.25) is 4.79 Å². The number of nitrogens with one attached hydrogen (secondary N) is 2. The van der Waals surface area contributed by atoms with E-state index in [1.807, 2.05) is 54.0 Å². The number of carbonyl (C=O) groups excluding carboxylic acids is 1. The van der Waals surface area contributed by atoms with E-state index in [0.29, 0.717) is 17.6 Å². The van der Waals surface area contributed by atoms with Crippen LogP contribution >= 0.6 is 11.3 Å². The third-order valence-electron chi connectivity index (χ3n) is 5.54. The van der Waals surface area contributed by atoms with Gasteiger partial charge in [-0.25, -0.2) is 4.68 Å². The van der Waals surface area contributed by atoms with E-state index in [1.54, 1.807) is 16.0 Å². The molecule has 5 nitrogen and oxygen atoms in total. The smallest absolute Gasteiger partial charge is 0.255 e. The highest BCUT2D eigenvalue weighted by Gasteiger charge is 2.34. The van der Waals surface area contributed by atoms with Crippen molar-refractivity contribution in [2.75, 3.05) is 0 Å². The Hall–Kier alpha value is -2.44. The number of fused-ring (bicyclic) bond motifs is 2. The maximum absolute atomic E-state index is 13.1. The van der Waals surface area contributed by atoms with E-state index in [4.69, 9.17) is 5.10 Å². The molecule has 1 aromatic carbocycles. The van der Waals surface area contributed by atoms with Crippen molar-refractivity contribution >= 4 is 17.2 Å². The number of para-hydroxylation sites is 1. The highest BCUT2D eigenvalue weighted by Crippen LogP contribution is 2.30.